The van der Waals surface area contributed by atoms with Crippen molar-refractivity contribution in [2.24, 2.45) is 7.05 Å². The minimum absolute atomic E-state index is 0.212. The monoisotopic (exact) mass is 336 g/mol. The fourth-order valence-corrected chi connectivity index (χ4v) is 4.36. The second-order valence-electron chi connectivity index (χ2n) is 5.63. The van der Waals surface area contributed by atoms with Crippen LogP contribution in [0.4, 0.5) is 5.69 Å². The molecule has 1 N–H and O–H groups in total. The number of aromatic hydroxyl groups is 1. The molecule has 1 saturated heterocycles. The van der Waals surface area contributed by atoms with Crippen molar-refractivity contribution in [2.45, 2.75) is 11.8 Å². The molecule has 0 amide bonds. The van der Waals surface area contributed by atoms with Gasteiger partial charge in [0.15, 0.2) is 0 Å². The van der Waals surface area contributed by atoms with Crippen LogP contribution in [-0.4, -0.2) is 53.8 Å². The summed E-state index contributed by atoms with van der Waals surface area (Å²) in [6.45, 7) is 3.74. The number of phenols is 1. The van der Waals surface area contributed by atoms with E-state index >= 15 is 0 Å². The van der Waals surface area contributed by atoms with Crippen molar-refractivity contribution in [3.8, 4) is 5.75 Å². The van der Waals surface area contributed by atoms with Crippen molar-refractivity contribution in [1.82, 2.24) is 14.1 Å². The van der Waals surface area contributed by atoms with Gasteiger partial charge in [0.2, 0.25) is 10.0 Å². The van der Waals surface area contributed by atoms with Gasteiger partial charge in [0.1, 0.15) is 10.6 Å². The van der Waals surface area contributed by atoms with Gasteiger partial charge in [-0.1, -0.05) is 6.07 Å². The molecule has 2 heterocycles. The predicted molar refractivity (Wildman–Crippen MR) is 87.0 cm³/mol. The lowest BCUT2D eigenvalue weighted by Gasteiger charge is -2.35. The van der Waals surface area contributed by atoms with Crippen LogP contribution in [0.5, 0.6) is 5.75 Å². The molecule has 1 aromatic heterocycles. The van der Waals surface area contributed by atoms with Gasteiger partial charge in [0.25, 0.3) is 0 Å². The molecule has 8 heteroatoms. The lowest BCUT2D eigenvalue weighted by atomic mass is 10.2. The Kier molecular flexibility index (Phi) is 4.03. The zero-order valence-electron chi connectivity index (χ0n) is 13.2. The average molecular weight is 336 g/mol. The fourth-order valence-electron chi connectivity index (χ4n) is 2.75. The molecule has 7 nitrogen and oxygen atoms in total. The first-order valence-corrected chi connectivity index (χ1v) is 8.86. The molecule has 1 aliphatic rings. The lowest BCUT2D eigenvalue weighted by Crippen LogP contribution is -2.48. The summed E-state index contributed by atoms with van der Waals surface area (Å²) in [6.07, 6.45) is 1.41. The second-order valence-corrected chi connectivity index (χ2v) is 7.54. The third-order valence-corrected chi connectivity index (χ3v) is 6.24. The van der Waals surface area contributed by atoms with Crippen LogP contribution < -0.4 is 4.90 Å². The summed E-state index contributed by atoms with van der Waals surface area (Å²) >= 11 is 0. The zero-order valence-corrected chi connectivity index (χ0v) is 14.0. The third-order valence-electron chi connectivity index (χ3n) is 4.24. The van der Waals surface area contributed by atoms with Crippen molar-refractivity contribution >= 4 is 15.7 Å². The van der Waals surface area contributed by atoms with Gasteiger partial charge < -0.3 is 10.0 Å². The van der Waals surface area contributed by atoms with E-state index in [-0.39, 0.29) is 10.6 Å². The molecule has 1 aliphatic heterocycles. The summed E-state index contributed by atoms with van der Waals surface area (Å²) in [5.74, 6) is 0.212. The van der Waals surface area contributed by atoms with Gasteiger partial charge in [-0.25, -0.2) is 8.42 Å². The number of hydrogen-bond donors (Lipinski definition) is 1. The third kappa shape index (κ3) is 2.91. The number of piperazine rings is 1. The minimum atomic E-state index is -3.51. The number of nitrogens with zero attached hydrogens (tertiary/aromatic N) is 4. The smallest absolute Gasteiger partial charge is 0.246 e. The Morgan fingerprint density at radius 3 is 2.43 bits per heavy atom. The molecule has 0 unspecified atom stereocenters. The fraction of sp³-hybridized carbons (Fsp3) is 0.400. The summed E-state index contributed by atoms with van der Waals surface area (Å²) in [4.78, 5) is 2.34. The molecule has 2 aromatic rings. The van der Waals surface area contributed by atoms with Crippen LogP contribution >= 0.6 is 0 Å². The standard InChI is InChI=1S/C15H20N4O3S/c1-12-15(11-16-17(12)2)23(21,22)19-8-6-18(7-9-19)13-4-3-5-14(20)10-13/h3-5,10-11,20H,6-9H2,1-2H3. The molecule has 0 saturated carbocycles. The number of anilines is 1. The summed E-state index contributed by atoms with van der Waals surface area (Å²) in [5, 5.41) is 13.6. The van der Waals surface area contributed by atoms with Gasteiger partial charge in [-0.15, -0.1) is 0 Å². The van der Waals surface area contributed by atoms with Crippen molar-refractivity contribution < 1.29 is 13.5 Å². The van der Waals surface area contributed by atoms with Crippen LogP contribution in [-0.2, 0) is 17.1 Å². The van der Waals surface area contributed by atoms with Crippen LogP contribution in [0.2, 0.25) is 0 Å². The average Bonchev–Trinajstić information content (AvgIpc) is 2.88. The topological polar surface area (TPSA) is 78.7 Å². The van der Waals surface area contributed by atoms with Crippen LogP contribution in [0.25, 0.3) is 0 Å². The number of sulfonamides is 1. The maximum atomic E-state index is 12.7. The molecule has 0 spiro atoms. The van der Waals surface area contributed by atoms with Crippen LogP contribution in [0, 0.1) is 6.92 Å². The Bertz CT molecular complexity index is 808. The van der Waals surface area contributed by atoms with E-state index in [1.54, 1.807) is 36.9 Å². The molecule has 124 valence electrons. The minimum Gasteiger partial charge on any atom is -0.508 e. The molecule has 3 rings (SSSR count). The first kappa shape index (κ1) is 15.8. The van der Waals surface area contributed by atoms with Gasteiger partial charge in [-0.3, -0.25) is 4.68 Å². The SMILES string of the molecule is Cc1c(S(=O)(=O)N2CCN(c3cccc(O)c3)CC2)cnn1C. The Morgan fingerprint density at radius 2 is 1.87 bits per heavy atom. The van der Waals surface area contributed by atoms with Crippen LogP contribution in [0.1, 0.15) is 5.69 Å². The molecular formula is C15H20N4O3S. The van der Waals surface area contributed by atoms with Crippen molar-refractivity contribution in [3.63, 3.8) is 0 Å². The maximum absolute atomic E-state index is 12.7. The van der Waals surface area contributed by atoms with E-state index in [0.29, 0.717) is 31.9 Å². The molecule has 0 bridgehead atoms. The Hall–Kier alpha value is -2.06. The van der Waals surface area contributed by atoms with E-state index in [4.69, 9.17) is 0 Å². The molecule has 0 atom stereocenters. The molecule has 0 radical (unpaired) electrons. The molecular weight excluding hydrogens is 316 g/mol. The lowest BCUT2D eigenvalue weighted by molar-refractivity contribution is 0.384. The number of rotatable bonds is 3. The van der Waals surface area contributed by atoms with Gasteiger partial charge in [-0.05, 0) is 19.1 Å². The first-order chi connectivity index (χ1) is 10.9. The largest absolute Gasteiger partial charge is 0.508 e. The number of aryl methyl sites for hydroxylation is 1. The van der Waals surface area contributed by atoms with Crippen molar-refractivity contribution in [3.05, 3.63) is 36.2 Å². The van der Waals surface area contributed by atoms with E-state index < -0.39 is 10.0 Å². The Balaban J connectivity index is 1.75. The number of hydrogen-bond acceptors (Lipinski definition) is 5. The Morgan fingerprint density at radius 1 is 1.17 bits per heavy atom. The normalized spacial score (nSPS) is 16.7. The van der Waals surface area contributed by atoms with E-state index in [1.807, 2.05) is 6.07 Å². The van der Waals surface area contributed by atoms with Crippen molar-refractivity contribution in [1.29, 1.82) is 0 Å². The van der Waals surface area contributed by atoms with Gasteiger partial charge >= 0.3 is 0 Å². The highest BCUT2D eigenvalue weighted by Crippen LogP contribution is 2.24. The zero-order chi connectivity index (χ0) is 16.6. The van der Waals surface area contributed by atoms with E-state index in [0.717, 1.165) is 5.69 Å². The highest BCUT2D eigenvalue weighted by molar-refractivity contribution is 7.89. The molecule has 23 heavy (non-hydrogen) atoms. The van der Waals surface area contributed by atoms with Crippen molar-refractivity contribution in [2.75, 3.05) is 31.1 Å². The number of phenolic OH excluding ortho intramolecular Hbond substituents is 1. The summed E-state index contributed by atoms with van der Waals surface area (Å²) in [6, 6.07) is 7.01. The molecule has 1 fully saturated rings. The van der Waals surface area contributed by atoms with Crippen LogP contribution in [0.15, 0.2) is 35.4 Å². The predicted octanol–water partition coefficient (Wildman–Crippen LogP) is 0.945. The van der Waals surface area contributed by atoms with Gasteiger partial charge in [0.05, 0.1) is 11.9 Å². The quantitative estimate of drug-likeness (QED) is 0.903. The highest BCUT2D eigenvalue weighted by atomic mass is 32.2. The van der Waals surface area contributed by atoms with Crippen LogP contribution in [0.3, 0.4) is 0 Å². The van der Waals surface area contributed by atoms with Gasteiger partial charge in [0, 0.05) is 45.0 Å². The molecule has 0 aliphatic carbocycles. The summed E-state index contributed by atoms with van der Waals surface area (Å²) in [7, 11) is -1.78. The molecule has 1 aromatic carbocycles. The van der Waals surface area contributed by atoms with Gasteiger partial charge in [-0.2, -0.15) is 9.40 Å². The summed E-state index contributed by atoms with van der Waals surface area (Å²) in [5.41, 5.74) is 1.54. The number of aromatic nitrogens is 2. The second kappa shape index (κ2) is 5.86. The number of benzene rings is 1. The first-order valence-electron chi connectivity index (χ1n) is 7.42. The summed E-state index contributed by atoms with van der Waals surface area (Å²) < 4.78 is 28.5. The van der Waals surface area contributed by atoms with E-state index in [1.165, 1.54) is 10.5 Å². The van der Waals surface area contributed by atoms with E-state index in [9.17, 15) is 13.5 Å². The Labute approximate surface area is 135 Å². The maximum Gasteiger partial charge on any atom is 0.246 e. The highest BCUT2D eigenvalue weighted by Gasteiger charge is 2.31. The van der Waals surface area contributed by atoms with E-state index in [2.05, 4.69) is 10.00 Å².